The molecule has 0 saturated carbocycles. The average molecular weight is 358 g/mol. The van der Waals surface area contributed by atoms with Crippen LogP contribution in [0.25, 0.3) is 0 Å². The first-order chi connectivity index (χ1) is 12.1. The Balaban J connectivity index is 1.54. The smallest absolute Gasteiger partial charge is 0.251 e. The lowest BCUT2D eigenvalue weighted by molar-refractivity contribution is 0.0951. The third kappa shape index (κ3) is 5.30. The fourth-order valence-electron chi connectivity index (χ4n) is 2.99. The van der Waals surface area contributed by atoms with Crippen LogP contribution < -0.4 is 5.32 Å². The fourth-order valence-corrected chi connectivity index (χ4v) is 3.11. The van der Waals surface area contributed by atoms with E-state index in [1.165, 1.54) is 5.56 Å². The summed E-state index contributed by atoms with van der Waals surface area (Å²) in [4.78, 5) is 17.0. The summed E-state index contributed by atoms with van der Waals surface area (Å²) in [7, 11) is 2.17. The van der Waals surface area contributed by atoms with Gasteiger partial charge in [-0.1, -0.05) is 35.9 Å². The summed E-state index contributed by atoms with van der Waals surface area (Å²) in [5.74, 6) is -0.0823. The zero-order valence-electron chi connectivity index (χ0n) is 14.5. The van der Waals surface area contributed by atoms with Gasteiger partial charge in [0.1, 0.15) is 0 Å². The number of amides is 1. The minimum Gasteiger partial charge on any atom is -0.348 e. The van der Waals surface area contributed by atoms with Crippen molar-refractivity contribution in [3.63, 3.8) is 0 Å². The van der Waals surface area contributed by atoms with Gasteiger partial charge < -0.3 is 10.2 Å². The summed E-state index contributed by atoms with van der Waals surface area (Å²) in [6.45, 7) is 5.95. The summed E-state index contributed by atoms with van der Waals surface area (Å²) >= 11 is 5.86. The van der Waals surface area contributed by atoms with Crippen molar-refractivity contribution in [3.05, 3.63) is 70.2 Å². The Bertz CT molecular complexity index is 709. The number of nitrogens with one attached hydrogen (secondary N) is 1. The van der Waals surface area contributed by atoms with Crippen molar-refractivity contribution >= 4 is 17.5 Å². The summed E-state index contributed by atoms with van der Waals surface area (Å²) in [5.41, 5.74) is 3.04. The molecule has 0 aliphatic carbocycles. The molecular formula is C20H24ClN3O. The number of benzene rings is 2. The van der Waals surface area contributed by atoms with Crippen LogP contribution in [0, 0.1) is 0 Å². The van der Waals surface area contributed by atoms with Crippen LogP contribution in [-0.4, -0.2) is 48.9 Å². The van der Waals surface area contributed by atoms with Gasteiger partial charge in [0.05, 0.1) is 0 Å². The largest absolute Gasteiger partial charge is 0.348 e. The van der Waals surface area contributed by atoms with Crippen LogP contribution in [-0.2, 0) is 13.1 Å². The SMILES string of the molecule is CN1CCN(Cc2cccc(CNC(=O)c3ccc(Cl)cc3)c2)CC1. The molecule has 0 aromatic heterocycles. The molecule has 4 nitrogen and oxygen atoms in total. The molecule has 1 aliphatic heterocycles. The molecule has 0 unspecified atom stereocenters. The normalized spacial score (nSPS) is 15.9. The van der Waals surface area contributed by atoms with Gasteiger partial charge in [-0.2, -0.15) is 0 Å². The molecule has 1 N–H and O–H groups in total. The molecule has 132 valence electrons. The van der Waals surface area contributed by atoms with Gasteiger partial charge in [0.15, 0.2) is 0 Å². The molecule has 2 aromatic rings. The molecule has 0 spiro atoms. The van der Waals surface area contributed by atoms with Crippen molar-refractivity contribution in [2.75, 3.05) is 33.2 Å². The first kappa shape index (κ1) is 17.9. The Kier molecular flexibility index (Phi) is 6.08. The van der Waals surface area contributed by atoms with Gasteiger partial charge in [0.25, 0.3) is 5.91 Å². The summed E-state index contributed by atoms with van der Waals surface area (Å²) in [5, 5.41) is 3.60. The molecule has 0 atom stereocenters. The number of nitrogens with zero attached hydrogens (tertiary/aromatic N) is 2. The van der Waals surface area contributed by atoms with Crippen molar-refractivity contribution in [2.24, 2.45) is 0 Å². The van der Waals surface area contributed by atoms with Crippen LogP contribution in [0.5, 0.6) is 0 Å². The van der Waals surface area contributed by atoms with Gasteiger partial charge in [0.2, 0.25) is 0 Å². The molecule has 1 fully saturated rings. The lowest BCUT2D eigenvalue weighted by Gasteiger charge is -2.32. The van der Waals surface area contributed by atoms with Gasteiger partial charge in [-0.05, 0) is 42.4 Å². The van der Waals surface area contributed by atoms with Crippen molar-refractivity contribution in [3.8, 4) is 0 Å². The summed E-state index contributed by atoms with van der Waals surface area (Å²) in [6.07, 6.45) is 0. The number of likely N-dealkylation sites (N-methyl/N-ethyl adjacent to an activating group) is 1. The van der Waals surface area contributed by atoms with Crippen LogP contribution in [0.15, 0.2) is 48.5 Å². The van der Waals surface area contributed by atoms with Crippen LogP contribution in [0.1, 0.15) is 21.5 Å². The second kappa shape index (κ2) is 8.48. The maximum Gasteiger partial charge on any atom is 0.251 e. The van der Waals surface area contributed by atoms with Crippen molar-refractivity contribution < 1.29 is 4.79 Å². The number of halogens is 1. The van der Waals surface area contributed by atoms with E-state index in [-0.39, 0.29) is 5.91 Å². The van der Waals surface area contributed by atoms with Gasteiger partial charge in [0, 0.05) is 49.9 Å². The van der Waals surface area contributed by atoms with E-state index in [1.54, 1.807) is 24.3 Å². The number of carbonyl (C=O) groups excluding carboxylic acids is 1. The molecule has 5 heteroatoms. The first-order valence-corrected chi connectivity index (χ1v) is 9.00. The molecule has 1 saturated heterocycles. The van der Waals surface area contributed by atoms with Gasteiger partial charge in [-0.3, -0.25) is 9.69 Å². The van der Waals surface area contributed by atoms with Crippen LogP contribution in [0.2, 0.25) is 5.02 Å². The number of carbonyl (C=O) groups is 1. The summed E-state index contributed by atoms with van der Waals surface area (Å²) in [6, 6.07) is 15.4. The highest BCUT2D eigenvalue weighted by Crippen LogP contribution is 2.12. The molecular weight excluding hydrogens is 334 g/mol. The molecule has 1 aliphatic rings. The molecule has 3 rings (SSSR count). The summed E-state index contributed by atoms with van der Waals surface area (Å²) < 4.78 is 0. The second-order valence-electron chi connectivity index (χ2n) is 6.59. The molecule has 25 heavy (non-hydrogen) atoms. The number of rotatable bonds is 5. The Labute approximate surface area is 154 Å². The van der Waals surface area contributed by atoms with E-state index in [4.69, 9.17) is 11.6 Å². The Morgan fingerprint density at radius 2 is 1.72 bits per heavy atom. The van der Waals surface area contributed by atoms with Crippen molar-refractivity contribution in [1.29, 1.82) is 0 Å². The topological polar surface area (TPSA) is 35.6 Å². The number of hydrogen-bond acceptors (Lipinski definition) is 3. The van der Waals surface area contributed by atoms with E-state index in [9.17, 15) is 4.79 Å². The van der Waals surface area contributed by atoms with E-state index >= 15 is 0 Å². The highest BCUT2D eigenvalue weighted by Gasteiger charge is 2.14. The molecule has 1 heterocycles. The van der Waals surface area contributed by atoms with E-state index in [0.29, 0.717) is 17.1 Å². The van der Waals surface area contributed by atoms with Crippen molar-refractivity contribution in [2.45, 2.75) is 13.1 Å². The maximum absolute atomic E-state index is 12.2. The molecule has 0 radical (unpaired) electrons. The van der Waals surface area contributed by atoms with E-state index < -0.39 is 0 Å². The minimum atomic E-state index is -0.0823. The predicted molar refractivity (Wildman–Crippen MR) is 102 cm³/mol. The standard InChI is InChI=1S/C20H24ClN3O/c1-23-9-11-24(12-10-23)15-17-4-2-3-16(13-17)14-22-20(25)18-5-7-19(21)8-6-18/h2-8,13H,9-12,14-15H2,1H3,(H,22,25). The Morgan fingerprint density at radius 3 is 2.44 bits per heavy atom. The lowest BCUT2D eigenvalue weighted by Crippen LogP contribution is -2.43. The zero-order chi connectivity index (χ0) is 17.6. The van der Waals surface area contributed by atoms with Gasteiger partial charge >= 0.3 is 0 Å². The molecule has 1 amide bonds. The minimum absolute atomic E-state index is 0.0823. The fraction of sp³-hybridized carbons (Fsp3) is 0.350. The third-order valence-corrected chi connectivity index (χ3v) is 4.80. The van der Waals surface area contributed by atoms with Crippen LogP contribution in [0.4, 0.5) is 0 Å². The van der Waals surface area contributed by atoms with E-state index in [1.807, 2.05) is 0 Å². The maximum atomic E-state index is 12.2. The second-order valence-corrected chi connectivity index (χ2v) is 7.03. The zero-order valence-corrected chi connectivity index (χ0v) is 15.3. The molecule has 0 bridgehead atoms. The highest BCUT2D eigenvalue weighted by molar-refractivity contribution is 6.30. The monoisotopic (exact) mass is 357 g/mol. The number of hydrogen-bond donors (Lipinski definition) is 1. The van der Waals surface area contributed by atoms with Gasteiger partial charge in [-0.15, -0.1) is 0 Å². The quantitative estimate of drug-likeness (QED) is 0.893. The number of piperazine rings is 1. The first-order valence-electron chi connectivity index (χ1n) is 8.62. The highest BCUT2D eigenvalue weighted by atomic mass is 35.5. The Hall–Kier alpha value is -1.88. The third-order valence-electron chi connectivity index (χ3n) is 4.55. The van der Waals surface area contributed by atoms with E-state index in [0.717, 1.165) is 38.3 Å². The predicted octanol–water partition coefficient (Wildman–Crippen LogP) is 3.02. The average Bonchev–Trinajstić information content (AvgIpc) is 2.63. The lowest BCUT2D eigenvalue weighted by atomic mass is 10.1. The Morgan fingerprint density at radius 1 is 1.04 bits per heavy atom. The van der Waals surface area contributed by atoms with Gasteiger partial charge in [-0.25, -0.2) is 0 Å². The van der Waals surface area contributed by atoms with Crippen molar-refractivity contribution in [1.82, 2.24) is 15.1 Å². The molecule has 2 aromatic carbocycles. The van der Waals surface area contributed by atoms with Crippen LogP contribution >= 0.6 is 11.6 Å². The van der Waals surface area contributed by atoms with E-state index in [2.05, 4.69) is 46.4 Å². The van der Waals surface area contributed by atoms with Crippen LogP contribution in [0.3, 0.4) is 0 Å².